The van der Waals surface area contributed by atoms with Crippen LogP contribution in [0.1, 0.15) is 18.9 Å². The Hall–Kier alpha value is -1.82. The molecule has 0 saturated carbocycles. The van der Waals surface area contributed by atoms with Crippen LogP contribution in [0.15, 0.2) is 72.9 Å². The molecule has 0 aliphatic heterocycles. The number of benzene rings is 1. The molecule has 0 fully saturated rings. The molecule has 0 spiro atoms. The third kappa shape index (κ3) is 4.61. The lowest BCUT2D eigenvalue weighted by atomic mass is 10.1. The maximum atomic E-state index is 3.72. The van der Waals surface area contributed by atoms with Gasteiger partial charge < -0.3 is 0 Å². The zero-order valence-electron chi connectivity index (χ0n) is 9.77. The minimum Gasteiger partial charge on any atom is -0.0990 e. The summed E-state index contributed by atoms with van der Waals surface area (Å²) in [5.74, 6) is 0. The molecular formula is C16H18. The van der Waals surface area contributed by atoms with Crippen LogP contribution < -0.4 is 0 Å². The molecule has 0 aliphatic rings. The second-order valence-corrected chi connectivity index (χ2v) is 3.46. The third-order valence-electron chi connectivity index (χ3n) is 2.12. The van der Waals surface area contributed by atoms with Gasteiger partial charge >= 0.3 is 0 Å². The molecule has 0 unspecified atom stereocenters. The van der Waals surface area contributed by atoms with Gasteiger partial charge in [-0.25, -0.2) is 0 Å². The largest absolute Gasteiger partial charge is 0.0990 e. The molecule has 0 N–H and O–H groups in total. The van der Waals surface area contributed by atoms with Gasteiger partial charge in [0.25, 0.3) is 0 Å². The summed E-state index contributed by atoms with van der Waals surface area (Å²) >= 11 is 0. The van der Waals surface area contributed by atoms with Crippen molar-refractivity contribution in [2.24, 2.45) is 0 Å². The van der Waals surface area contributed by atoms with Crippen molar-refractivity contribution in [1.82, 2.24) is 0 Å². The molecule has 0 bridgehead atoms. The lowest BCUT2D eigenvalue weighted by Gasteiger charge is -1.94. The van der Waals surface area contributed by atoms with Crippen LogP contribution in [0.4, 0.5) is 0 Å². The fourth-order valence-electron chi connectivity index (χ4n) is 1.31. The smallest absolute Gasteiger partial charge is 0.0256 e. The van der Waals surface area contributed by atoms with E-state index < -0.39 is 0 Å². The number of rotatable bonds is 5. The molecule has 0 radical (unpaired) electrons. The van der Waals surface area contributed by atoms with E-state index in [1.165, 1.54) is 11.1 Å². The van der Waals surface area contributed by atoms with Crippen LogP contribution in [-0.4, -0.2) is 0 Å². The first-order valence-electron chi connectivity index (χ1n) is 5.59. The van der Waals surface area contributed by atoms with Gasteiger partial charge in [-0.05, 0) is 17.6 Å². The molecule has 0 aliphatic carbocycles. The zero-order valence-corrected chi connectivity index (χ0v) is 9.77. The van der Waals surface area contributed by atoms with E-state index in [4.69, 9.17) is 0 Å². The Morgan fingerprint density at radius 3 is 2.56 bits per heavy atom. The Balaban J connectivity index is 2.76. The van der Waals surface area contributed by atoms with E-state index in [1.54, 1.807) is 0 Å². The summed E-state index contributed by atoms with van der Waals surface area (Å²) < 4.78 is 0. The van der Waals surface area contributed by atoms with E-state index >= 15 is 0 Å². The van der Waals surface area contributed by atoms with Gasteiger partial charge in [-0.15, -0.1) is 0 Å². The summed E-state index contributed by atoms with van der Waals surface area (Å²) in [5, 5.41) is 0. The topological polar surface area (TPSA) is 0 Å². The second-order valence-electron chi connectivity index (χ2n) is 3.46. The SMILES string of the molecule is C=C/C=C(\C=C/CC)/C=C\c1ccccc1. The molecule has 82 valence electrons. The Morgan fingerprint density at radius 2 is 1.94 bits per heavy atom. The number of hydrogen-bond donors (Lipinski definition) is 0. The molecule has 0 amide bonds. The average Bonchev–Trinajstić information content (AvgIpc) is 2.34. The molecular weight excluding hydrogens is 192 g/mol. The summed E-state index contributed by atoms with van der Waals surface area (Å²) in [4.78, 5) is 0. The lowest BCUT2D eigenvalue weighted by Crippen LogP contribution is -1.72. The summed E-state index contributed by atoms with van der Waals surface area (Å²) in [7, 11) is 0. The summed E-state index contributed by atoms with van der Waals surface area (Å²) in [5.41, 5.74) is 2.38. The molecule has 0 heteroatoms. The molecule has 0 heterocycles. The van der Waals surface area contributed by atoms with Crippen LogP contribution in [0.25, 0.3) is 6.08 Å². The van der Waals surface area contributed by atoms with Crippen molar-refractivity contribution in [3.8, 4) is 0 Å². The lowest BCUT2D eigenvalue weighted by molar-refractivity contribution is 1.22. The average molecular weight is 210 g/mol. The van der Waals surface area contributed by atoms with Crippen molar-refractivity contribution >= 4 is 6.08 Å². The van der Waals surface area contributed by atoms with E-state index in [2.05, 4.69) is 49.9 Å². The molecule has 1 aromatic carbocycles. The first-order chi connectivity index (χ1) is 7.86. The predicted octanol–water partition coefficient (Wildman–Crippen LogP) is 4.78. The van der Waals surface area contributed by atoms with Crippen LogP contribution in [0.3, 0.4) is 0 Å². The number of allylic oxidation sites excluding steroid dienone is 6. The van der Waals surface area contributed by atoms with E-state index in [0.717, 1.165) is 6.42 Å². The van der Waals surface area contributed by atoms with Crippen molar-refractivity contribution in [3.05, 3.63) is 78.4 Å². The van der Waals surface area contributed by atoms with Crippen LogP contribution in [0, 0.1) is 0 Å². The Morgan fingerprint density at radius 1 is 1.19 bits per heavy atom. The van der Waals surface area contributed by atoms with Crippen molar-refractivity contribution in [1.29, 1.82) is 0 Å². The molecule has 1 aromatic rings. The standard InChI is InChI=1S/C16H18/c1-3-5-10-15(9-4-2)13-14-16-11-7-6-8-12-16/h4-14H,2-3H2,1H3/b10-5-,14-13-,15-9+. The van der Waals surface area contributed by atoms with Crippen molar-refractivity contribution in [2.45, 2.75) is 13.3 Å². The van der Waals surface area contributed by atoms with Gasteiger partial charge in [-0.2, -0.15) is 0 Å². The van der Waals surface area contributed by atoms with Crippen LogP contribution >= 0.6 is 0 Å². The van der Waals surface area contributed by atoms with Crippen LogP contribution in [-0.2, 0) is 0 Å². The summed E-state index contributed by atoms with van der Waals surface area (Å²) in [6.07, 6.45) is 13.3. The van der Waals surface area contributed by atoms with E-state index in [1.807, 2.05) is 30.4 Å². The predicted molar refractivity (Wildman–Crippen MR) is 73.2 cm³/mol. The molecule has 0 aromatic heterocycles. The van der Waals surface area contributed by atoms with Gasteiger partial charge in [-0.3, -0.25) is 0 Å². The van der Waals surface area contributed by atoms with E-state index in [9.17, 15) is 0 Å². The molecule has 0 atom stereocenters. The highest BCUT2D eigenvalue weighted by Gasteiger charge is 1.85. The van der Waals surface area contributed by atoms with Crippen LogP contribution in [0.2, 0.25) is 0 Å². The minimum atomic E-state index is 1.05. The second kappa shape index (κ2) is 7.47. The fraction of sp³-hybridized carbons (Fsp3) is 0.125. The normalized spacial score (nSPS) is 12.4. The highest BCUT2D eigenvalue weighted by atomic mass is 13.9. The van der Waals surface area contributed by atoms with Crippen molar-refractivity contribution < 1.29 is 0 Å². The Bertz CT molecular complexity index is 391. The molecule has 0 nitrogen and oxygen atoms in total. The molecule has 1 rings (SSSR count). The first kappa shape index (κ1) is 12.3. The fourth-order valence-corrected chi connectivity index (χ4v) is 1.31. The monoisotopic (exact) mass is 210 g/mol. The van der Waals surface area contributed by atoms with Gasteiger partial charge in [0.05, 0.1) is 0 Å². The van der Waals surface area contributed by atoms with Crippen LogP contribution in [0.5, 0.6) is 0 Å². The quantitative estimate of drug-likeness (QED) is 0.614. The first-order valence-corrected chi connectivity index (χ1v) is 5.59. The van der Waals surface area contributed by atoms with Crippen molar-refractivity contribution in [2.75, 3.05) is 0 Å². The third-order valence-corrected chi connectivity index (χ3v) is 2.12. The Kier molecular flexibility index (Phi) is 5.72. The van der Waals surface area contributed by atoms with E-state index in [-0.39, 0.29) is 0 Å². The maximum Gasteiger partial charge on any atom is -0.0256 e. The summed E-state index contributed by atoms with van der Waals surface area (Å²) in [6, 6.07) is 10.3. The Labute approximate surface area is 98.3 Å². The molecule has 0 saturated heterocycles. The van der Waals surface area contributed by atoms with Gasteiger partial charge in [0, 0.05) is 0 Å². The maximum absolute atomic E-state index is 3.72. The highest BCUT2D eigenvalue weighted by molar-refractivity contribution is 5.54. The van der Waals surface area contributed by atoms with E-state index in [0.29, 0.717) is 0 Å². The summed E-state index contributed by atoms with van der Waals surface area (Å²) in [6.45, 7) is 5.85. The van der Waals surface area contributed by atoms with Crippen molar-refractivity contribution in [3.63, 3.8) is 0 Å². The van der Waals surface area contributed by atoms with Gasteiger partial charge in [0.2, 0.25) is 0 Å². The highest BCUT2D eigenvalue weighted by Crippen LogP contribution is 2.07. The minimum absolute atomic E-state index is 1.05. The number of hydrogen-bond acceptors (Lipinski definition) is 0. The van der Waals surface area contributed by atoms with Gasteiger partial charge in [-0.1, -0.05) is 80.3 Å². The molecule has 16 heavy (non-hydrogen) atoms. The van der Waals surface area contributed by atoms with Gasteiger partial charge in [0.1, 0.15) is 0 Å². The zero-order chi connectivity index (χ0) is 11.6. The van der Waals surface area contributed by atoms with Gasteiger partial charge in [0.15, 0.2) is 0 Å².